The summed E-state index contributed by atoms with van der Waals surface area (Å²) >= 11 is 0. The second-order valence-corrected chi connectivity index (χ2v) is 7.07. The maximum absolute atomic E-state index is 5.30. The van der Waals surface area contributed by atoms with Crippen molar-refractivity contribution in [3.05, 3.63) is 72.2 Å². The van der Waals surface area contributed by atoms with Crippen molar-refractivity contribution in [2.75, 3.05) is 26.6 Å². The third kappa shape index (κ3) is 4.28. The molecule has 2 aromatic heterocycles. The summed E-state index contributed by atoms with van der Waals surface area (Å²) < 4.78 is 7.05. The standard InChI is InChI=1S/C22H23N7O/c1-28(2)14-17-9-7-16(8-10-17)12-25-27-21-20-13-26-29(22(20)24-15-23-21)18-5-4-6-19(11-18)30-3/h4-13,15H,14H2,1-3H3,(H,23,24,27)/b25-12+. The van der Waals surface area contributed by atoms with Gasteiger partial charge in [0.2, 0.25) is 0 Å². The average molecular weight is 401 g/mol. The van der Waals surface area contributed by atoms with E-state index in [1.807, 2.05) is 36.4 Å². The first-order valence-electron chi connectivity index (χ1n) is 9.50. The molecule has 0 bridgehead atoms. The van der Waals surface area contributed by atoms with Crippen molar-refractivity contribution < 1.29 is 4.74 Å². The minimum absolute atomic E-state index is 0.592. The van der Waals surface area contributed by atoms with Crippen LogP contribution in [0.25, 0.3) is 16.7 Å². The first-order chi connectivity index (χ1) is 14.6. The molecule has 152 valence electrons. The van der Waals surface area contributed by atoms with Gasteiger partial charge in [-0.15, -0.1) is 0 Å². The van der Waals surface area contributed by atoms with Gasteiger partial charge >= 0.3 is 0 Å². The first-order valence-corrected chi connectivity index (χ1v) is 9.50. The van der Waals surface area contributed by atoms with Gasteiger partial charge in [0.05, 0.1) is 30.6 Å². The summed E-state index contributed by atoms with van der Waals surface area (Å²) in [6.45, 7) is 0.909. The SMILES string of the molecule is COc1cccc(-n2ncc3c(N/N=C/c4ccc(CN(C)C)cc4)ncnc32)c1. The fourth-order valence-corrected chi connectivity index (χ4v) is 3.11. The van der Waals surface area contributed by atoms with Gasteiger partial charge in [0, 0.05) is 12.6 Å². The molecule has 0 unspecified atom stereocenters. The van der Waals surface area contributed by atoms with Crippen molar-refractivity contribution in [1.29, 1.82) is 0 Å². The molecule has 30 heavy (non-hydrogen) atoms. The highest BCUT2D eigenvalue weighted by Crippen LogP contribution is 2.23. The predicted octanol–water partition coefficient (Wildman–Crippen LogP) is 3.33. The Morgan fingerprint density at radius 2 is 1.97 bits per heavy atom. The molecule has 0 aliphatic rings. The van der Waals surface area contributed by atoms with Crippen molar-refractivity contribution in [3.63, 3.8) is 0 Å². The quantitative estimate of drug-likeness (QED) is 0.378. The maximum atomic E-state index is 5.30. The minimum Gasteiger partial charge on any atom is -0.497 e. The van der Waals surface area contributed by atoms with Crippen molar-refractivity contribution in [3.8, 4) is 11.4 Å². The summed E-state index contributed by atoms with van der Waals surface area (Å²) in [6, 6.07) is 15.9. The molecule has 4 aromatic rings. The van der Waals surface area contributed by atoms with E-state index in [4.69, 9.17) is 4.74 Å². The summed E-state index contributed by atoms with van der Waals surface area (Å²) in [5.41, 5.74) is 6.80. The molecule has 0 saturated heterocycles. The molecule has 0 fully saturated rings. The first kappa shape index (κ1) is 19.5. The van der Waals surface area contributed by atoms with Crippen molar-refractivity contribution in [1.82, 2.24) is 24.6 Å². The third-order valence-corrected chi connectivity index (χ3v) is 4.53. The molecular weight excluding hydrogens is 378 g/mol. The molecule has 8 heteroatoms. The van der Waals surface area contributed by atoms with Gasteiger partial charge in [-0.25, -0.2) is 14.6 Å². The fraction of sp³-hybridized carbons (Fsp3) is 0.182. The van der Waals surface area contributed by atoms with E-state index in [1.165, 1.54) is 11.9 Å². The lowest BCUT2D eigenvalue weighted by atomic mass is 10.1. The van der Waals surface area contributed by atoms with E-state index < -0.39 is 0 Å². The molecule has 0 atom stereocenters. The summed E-state index contributed by atoms with van der Waals surface area (Å²) in [4.78, 5) is 10.8. The monoisotopic (exact) mass is 401 g/mol. The number of hydrazone groups is 1. The van der Waals surface area contributed by atoms with E-state index in [1.54, 1.807) is 24.2 Å². The van der Waals surface area contributed by atoms with Crippen LogP contribution < -0.4 is 10.2 Å². The van der Waals surface area contributed by atoms with Gasteiger partial charge in [0.25, 0.3) is 0 Å². The Hall–Kier alpha value is -3.78. The van der Waals surface area contributed by atoms with Crippen LogP contribution in [0.3, 0.4) is 0 Å². The van der Waals surface area contributed by atoms with Crippen molar-refractivity contribution >= 4 is 23.1 Å². The van der Waals surface area contributed by atoms with E-state index in [0.29, 0.717) is 11.5 Å². The Bertz CT molecular complexity index is 1170. The van der Waals surface area contributed by atoms with E-state index >= 15 is 0 Å². The van der Waals surface area contributed by atoms with E-state index in [0.717, 1.165) is 28.9 Å². The lowest BCUT2D eigenvalue weighted by molar-refractivity contribution is 0.402. The highest BCUT2D eigenvalue weighted by Gasteiger charge is 2.11. The molecule has 0 saturated carbocycles. The number of hydrogen-bond acceptors (Lipinski definition) is 7. The van der Waals surface area contributed by atoms with E-state index in [9.17, 15) is 0 Å². The lowest BCUT2D eigenvalue weighted by Gasteiger charge is -2.09. The molecule has 8 nitrogen and oxygen atoms in total. The van der Waals surface area contributed by atoms with Crippen LogP contribution in [0, 0.1) is 0 Å². The minimum atomic E-state index is 0.592. The Kier molecular flexibility index (Phi) is 5.67. The van der Waals surface area contributed by atoms with Crippen LogP contribution in [-0.4, -0.2) is 52.1 Å². The molecule has 1 N–H and O–H groups in total. The van der Waals surface area contributed by atoms with Gasteiger partial charge in [0.15, 0.2) is 11.5 Å². The average Bonchev–Trinajstić information content (AvgIpc) is 3.20. The summed E-state index contributed by atoms with van der Waals surface area (Å²) in [5.74, 6) is 1.35. The molecule has 0 radical (unpaired) electrons. The predicted molar refractivity (Wildman–Crippen MR) is 118 cm³/mol. The maximum Gasteiger partial charge on any atom is 0.168 e. The molecule has 0 aliphatic carbocycles. The Labute approximate surface area is 174 Å². The zero-order chi connectivity index (χ0) is 20.9. The van der Waals surface area contributed by atoms with Crippen LogP contribution in [0.2, 0.25) is 0 Å². The van der Waals surface area contributed by atoms with Gasteiger partial charge < -0.3 is 9.64 Å². The molecule has 0 aliphatic heterocycles. The van der Waals surface area contributed by atoms with Gasteiger partial charge in [-0.05, 0) is 37.4 Å². The Morgan fingerprint density at radius 1 is 1.13 bits per heavy atom. The number of aromatic nitrogens is 4. The Morgan fingerprint density at radius 3 is 2.73 bits per heavy atom. The zero-order valence-corrected chi connectivity index (χ0v) is 17.1. The number of nitrogens with zero attached hydrogens (tertiary/aromatic N) is 6. The number of fused-ring (bicyclic) bond motifs is 1. The molecule has 0 spiro atoms. The van der Waals surface area contributed by atoms with Gasteiger partial charge in [-0.1, -0.05) is 30.3 Å². The van der Waals surface area contributed by atoms with Crippen LogP contribution in [0.1, 0.15) is 11.1 Å². The van der Waals surface area contributed by atoms with E-state index in [2.05, 4.69) is 56.7 Å². The van der Waals surface area contributed by atoms with Crippen LogP contribution in [-0.2, 0) is 6.54 Å². The van der Waals surface area contributed by atoms with Gasteiger partial charge in [-0.3, -0.25) is 5.43 Å². The highest BCUT2D eigenvalue weighted by atomic mass is 16.5. The van der Waals surface area contributed by atoms with Crippen LogP contribution in [0.4, 0.5) is 5.82 Å². The van der Waals surface area contributed by atoms with Crippen molar-refractivity contribution in [2.24, 2.45) is 5.10 Å². The number of ether oxygens (including phenoxy) is 1. The summed E-state index contributed by atoms with van der Waals surface area (Å²) in [5, 5.41) is 9.57. The second-order valence-electron chi connectivity index (χ2n) is 7.07. The normalized spacial score (nSPS) is 11.5. The third-order valence-electron chi connectivity index (χ3n) is 4.53. The molecule has 0 amide bonds. The number of anilines is 1. The molecular formula is C22H23N7O. The topological polar surface area (TPSA) is 80.5 Å². The fourth-order valence-electron chi connectivity index (χ4n) is 3.11. The summed E-state index contributed by atoms with van der Waals surface area (Å²) in [7, 11) is 5.74. The van der Waals surface area contributed by atoms with Crippen LogP contribution in [0.15, 0.2) is 66.2 Å². The number of nitrogens with one attached hydrogen (secondary N) is 1. The Balaban J connectivity index is 1.54. The molecule has 2 heterocycles. The smallest absolute Gasteiger partial charge is 0.168 e. The van der Waals surface area contributed by atoms with Gasteiger partial charge in [-0.2, -0.15) is 10.2 Å². The number of hydrogen-bond donors (Lipinski definition) is 1. The second kappa shape index (κ2) is 8.71. The van der Waals surface area contributed by atoms with Crippen molar-refractivity contribution in [2.45, 2.75) is 6.54 Å². The van der Waals surface area contributed by atoms with Gasteiger partial charge in [0.1, 0.15) is 12.1 Å². The molecule has 4 rings (SSSR count). The van der Waals surface area contributed by atoms with E-state index in [-0.39, 0.29) is 0 Å². The lowest BCUT2D eigenvalue weighted by Crippen LogP contribution is -2.10. The highest BCUT2D eigenvalue weighted by molar-refractivity contribution is 5.88. The number of rotatable bonds is 7. The van der Waals surface area contributed by atoms with Crippen LogP contribution in [0.5, 0.6) is 5.75 Å². The number of benzene rings is 2. The molecule has 2 aromatic carbocycles. The number of methoxy groups -OCH3 is 1. The van der Waals surface area contributed by atoms with Crippen LogP contribution >= 0.6 is 0 Å². The zero-order valence-electron chi connectivity index (χ0n) is 17.1. The largest absolute Gasteiger partial charge is 0.497 e. The summed E-state index contributed by atoms with van der Waals surface area (Å²) in [6.07, 6.45) is 4.98.